The largest absolute Gasteiger partial charge is 0.497 e. The topological polar surface area (TPSA) is 79.2 Å². The van der Waals surface area contributed by atoms with Crippen LogP contribution in [-0.4, -0.2) is 28.0 Å². The summed E-state index contributed by atoms with van der Waals surface area (Å²) in [7, 11) is -2.61. The van der Waals surface area contributed by atoms with Crippen LogP contribution in [0, 0.1) is 11.3 Å². The van der Waals surface area contributed by atoms with E-state index in [1.807, 2.05) is 0 Å². The van der Waals surface area contributed by atoms with Crippen LogP contribution in [0.15, 0.2) is 28.1 Å². The fourth-order valence-corrected chi connectivity index (χ4v) is 3.30. The molecule has 1 aromatic carbocycles. The average molecular weight is 366 g/mol. The molecule has 5 nitrogen and oxygen atoms in total. The number of thioether (sulfide) groups is 1. The van der Waals surface area contributed by atoms with Crippen LogP contribution in [0.1, 0.15) is 5.56 Å². The lowest BCUT2D eigenvalue weighted by Crippen LogP contribution is -2.09. The van der Waals surface area contributed by atoms with Crippen LogP contribution >= 0.6 is 11.8 Å². The molecule has 0 saturated carbocycles. The van der Waals surface area contributed by atoms with Gasteiger partial charge in [-0.2, -0.15) is 18.4 Å². The van der Waals surface area contributed by atoms with E-state index in [0.717, 1.165) is 30.2 Å². The van der Waals surface area contributed by atoms with Crippen molar-refractivity contribution in [2.24, 2.45) is 0 Å². The number of anilines is 1. The number of hydrogen-bond donors (Lipinski definition) is 1. The highest BCUT2D eigenvalue weighted by Gasteiger charge is 2.31. The number of benzene rings is 1. The highest BCUT2D eigenvalue weighted by molar-refractivity contribution is 8.04. The minimum atomic E-state index is -4.59. The second-order valence-electron chi connectivity index (χ2n) is 4.32. The van der Waals surface area contributed by atoms with Gasteiger partial charge in [0.25, 0.3) is 0 Å². The number of methoxy groups -OCH3 is 1. The first-order valence-electron chi connectivity index (χ1n) is 5.94. The molecule has 126 valence electrons. The molecule has 0 fully saturated rings. The summed E-state index contributed by atoms with van der Waals surface area (Å²) in [6.45, 7) is 0. The third kappa shape index (κ3) is 5.07. The molecule has 0 aliphatic heterocycles. The molecular weight excluding hydrogens is 353 g/mol. The molecule has 0 aliphatic rings. The van der Waals surface area contributed by atoms with Crippen molar-refractivity contribution in [2.45, 2.75) is 6.18 Å². The van der Waals surface area contributed by atoms with E-state index in [1.165, 1.54) is 19.4 Å². The van der Waals surface area contributed by atoms with Crippen LogP contribution in [0.3, 0.4) is 0 Å². The molecule has 0 amide bonds. The Balaban J connectivity index is 3.42. The minimum absolute atomic E-state index is 0.0441. The van der Waals surface area contributed by atoms with Crippen molar-refractivity contribution in [3.05, 3.63) is 33.7 Å². The Morgan fingerprint density at radius 1 is 1.35 bits per heavy atom. The van der Waals surface area contributed by atoms with Gasteiger partial charge in [0.15, 0.2) is 14.7 Å². The zero-order valence-electron chi connectivity index (χ0n) is 12.4. The van der Waals surface area contributed by atoms with Crippen LogP contribution in [0.2, 0.25) is 0 Å². The van der Waals surface area contributed by atoms with Crippen LogP contribution < -0.4 is 10.1 Å². The number of hydrogen-bond acceptors (Lipinski definition) is 6. The standard InChI is InChI=1S/C13H13F3N2O3S2/c1-21-10-5-8(13(14,15)16)4-9(6-10)18-12(22-2)11(7-17)23(3,19)20/h4-6,18H,1-3H3/b12-11+. The van der Waals surface area contributed by atoms with E-state index in [9.17, 15) is 21.6 Å². The number of alkyl halides is 3. The fourth-order valence-electron chi connectivity index (χ4n) is 1.59. The Bertz CT molecular complexity index is 766. The van der Waals surface area contributed by atoms with Crippen LogP contribution in [0.4, 0.5) is 18.9 Å². The van der Waals surface area contributed by atoms with Gasteiger partial charge in [-0.3, -0.25) is 0 Å². The number of rotatable bonds is 5. The Kier molecular flexibility index (Phi) is 5.96. The minimum Gasteiger partial charge on any atom is -0.497 e. The first-order chi connectivity index (χ1) is 10.5. The van der Waals surface area contributed by atoms with Crippen molar-refractivity contribution >= 4 is 27.3 Å². The molecular formula is C13H13F3N2O3S2. The third-order valence-electron chi connectivity index (χ3n) is 2.61. The van der Waals surface area contributed by atoms with E-state index < -0.39 is 26.5 Å². The first-order valence-corrected chi connectivity index (χ1v) is 9.06. The van der Waals surface area contributed by atoms with Gasteiger partial charge in [0.05, 0.1) is 12.7 Å². The molecule has 10 heteroatoms. The normalized spacial score (nSPS) is 13.1. The molecule has 0 bridgehead atoms. The summed E-state index contributed by atoms with van der Waals surface area (Å²) in [5.41, 5.74) is -1.00. The summed E-state index contributed by atoms with van der Waals surface area (Å²) in [5, 5.41) is 11.4. The maximum Gasteiger partial charge on any atom is 0.416 e. The average Bonchev–Trinajstić information content (AvgIpc) is 2.44. The molecule has 0 radical (unpaired) electrons. The number of nitrogens with zero attached hydrogens (tertiary/aromatic N) is 1. The quantitative estimate of drug-likeness (QED) is 0.806. The highest BCUT2D eigenvalue weighted by atomic mass is 32.2. The molecule has 0 atom stereocenters. The number of nitrogens with one attached hydrogen (secondary N) is 1. The number of halogens is 3. The van der Waals surface area contributed by atoms with E-state index in [-0.39, 0.29) is 16.5 Å². The van der Waals surface area contributed by atoms with Crippen LogP contribution in [0.5, 0.6) is 5.75 Å². The predicted octanol–water partition coefficient (Wildman–Crippen LogP) is 3.23. The zero-order valence-corrected chi connectivity index (χ0v) is 14.0. The summed E-state index contributed by atoms with van der Waals surface area (Å²) in [4.78, 5) is -0.554. The van der Waals surface area contributed by atoms with Gasteiger partial charge >= 0.3 is 6.18 Å². The van der Waals surface area contributed by atoms with Gasteiger partial charge in [-0.1, -0.05) is 0 Å². The maximum absolute atomic E-state index is 12.9. The lowest BCUT2D eigenvalue weighted by Gasteiger charge is -2.14. The molecule has 0 saturated heterocycles. The number of nitriles is 1. The molecule has 0 aromatic heterocycles. The summed E-state index contributed by atoms with van der Waals surface area (Å²) in [6, 6.07) is 4.42. The van der Waals surface area contributed by atoms with Gasteiger partial charge in [0.1, 0.15) is 16.8 Å². The second-order valence-corrected chi connectivity index (χ2v) is 7.09. The Hall–Kier alpha value is -1.86. The zero-order chi connectivity index (χ0) is 17.8. The van der Waals surface area contributed by atoms with E-state index in [1.54, 1.807) is 6.07 Å². The van der Waals surface area contributed by atoms with Crippen molar-refractivity contribution in [3.8, 4) is 11.8 Å². The monoisotopic (exact) mass is 366 g/mol. The first kappa shape index (κ1) is 19.2. The van der Waals surface area contributed by atoms with E-state index >= 15 is 0 Å². The summed E-state index contributed by atoms with van der Waals surface area (Å²) in [6.07, 6.45) is -2.25. The van der Waals surface area contributed by atoms with Gasteiger partial charge in [-0.15, -0.1) is 11.8 Å². The lowest BCUT2D eigenvalue weighted by atomic mass is 10.2. The Morgan fingerprint density at radius 2 is 1.96 bits per heavy atom. The summed E-state index contributed by atoms with van der Waals surface area (Å²) < 4.78 is 66.5. The SMILES string of the molecule is COc1cc(N/C(SC)=C(/C#N)S(C)(=O)=O)cc(C(F)(F)F)c1. The van der Waals surface area contributed by atoms with Crippen molar-refractivity contribution in [2.75, 3.05) is 24.9 Å². The van der Waals surface area contributed by atoms with Gasteiger partial charge in [-0.05, 0) is 18.4 Å². The molecule has 1 rings (SSSR count). The second kappa shape index (κ2) is 7.14. The fraction of sp³-hybridized carbons (Fsp3) is 0.308. The lowest BCUT2D eigenvalue weighted by molar-refractivity contribution is -0.137. The van der Waals surface area contributed by atoms with Gasteiger partial charge in [-0.25, -0.2) is 8.42 Å². The van der Waals surface area contributed by atoms with Crippen LogP contribution in [0.25, 0.3) is 0 Å². The Morgan fingerprint density at radius 3 is 2.35 bits per heavy atom. The third-order valence-corrected chi connectivity index (χ3v) is 4.49. The van der Waals surface area contributed by atoms with E-state index in [2.05, 4.69) is 5.32 Å². The number of sulfone groups is 1. The van der Waals surface area contributed by atoms with E-state index in [0.29, 0.717) is 0 Å². The predicted molar refractivity (Wildman–Crippen MR) is 82.6 cm³/mol. The number of allylic oxidation sites excluding steroid dienone is 1. The number of ether oxygens (including phenoxy) is 1. The molecule has 0 spiro atoms. The highest BCUT2D eigenvalue weighted by Crippen LogP contribution is 2.35. The molecule has 0 heterocycles. The van der Waals surface area contributed by atoms with Gasteiger partial charge in [0.2, 0.25) is 0 Å². The molecule has 1 N–H and O–H groups in total. The Labute approximate surface area is 136 Å². The van der Waals surface area contributed by atoms with E-state index in [4.69, 9.17) is 10.00 Å². The molecule has 1 aromatic rings. The van der Waals surface area contributed by atoms with Gasteiger partial charge in [0, 0.05) is 18.0 Å². The van der Waals surface area contributed by atoms with Crippen molar-refractivity contribution < 1.29 is 26.3 Å². The molecule has 0 aliphatic carbocycles. The molecule has 23 heavy (non-hydrogen) atoms. The molecule has 0 unspecified atom stereocenters. The summed E-state index contributed by atoms with van der Waals surface area (Å²) in [5.74, 6) is -0.0550. The van der Waals surface area contributed by atoms with Crippen LogP contribution in [-0.2, 0) is 16.0 Å². The van der Waals surface area contributed by atoms with Gasteiger partial charge < -0.3 is 10.1 Å². The smallest absolute Gasteiger partial charge is 0.416 e. The van der Waals surface area contributed by atoms with Crippen molar-refractivity contribution in [1.29, 1.82) is 5.26 Å². The van der Waals surface area contributed by atoms with Crippen molar-refractivity contribution in [3.63, 3.8) is 0 Å². The maximum atomic E-state index is 12.9. The van der Waals surface area contributed by atoms with Crippen molar-refractivity contribution in [1.82, 2.24) is 0 Å². The summed E-state index contributed by atoms with van der Waals surface area (Å²) >= 11 is 0.896.